The highest BCUT2D eigenvalue weighted by molar-refractivity contribution is 5.27. The normalized spacial score (nSPS) is 25.6. The van der Waals surface area contributed by atoms with Crippen molar-refractivity contribution in [2.75, 3.05) is 13.1 Å². The van der Waals surface area contributed by atoms with E-state index in [1.165, 1.54) is 44.3 Å². The van der Waals surface area contributed by atoms with Crippen molar-refractivity contribution >= 4 is 0 Å². The molecule has 1 saturated carbocycles. The Hall–Kier alpha value is -0.860. The van der Waals surface area contributed by atoms with Crippen LogP contribution in [0.1, 0.15) is 37.3 Å². The summed E-state index contributed by atoms with van der Waals surface area (Å²) in [6.07, 6.45) is 5.26. The molecule has 2 N–H and O–H groups in total. The largest absolute Gasteiger partial charge is 0.322 e. The molecule has 1 saturated heterocycles. The SMILES string of the molecule is NC(c1ccccc1)C1(N2CCCC2)CC1. The van der Waals surface area contributed by atoms with Gasteiger partial charge in [0.1, 0.15) is 0 Å². The highest BCUT2D eigenvalue weighted by Gasteiger charge is 2.53. The molecule has 1 aromatic carbocycles. The number of benzene rings is 1. The van der Waals surface area contributed by atoms with E-state index in [2.05, 4.69) is 35.2 Å². The fourth-order valence-electron chi connectivity index (χ4n) is 3.09. The van der Waals surface area contributed by atoms with E-state index in [1.807, 2.05) is 0 Å². The molecule has 0 spiro atoms. The van der Waals surface area contributed by atoms with Gasteiger partial charge in [-0.25, -0.2) is 0 Å². The van der Waals surface area contributed by atoms with Crippen molar-refractivity contribution in [3.63, 3.8) is 0 Å². The van der Waals surface area contributed by atoms with Gasteiger partial charge in [-0.05, 0) is 44.3 Å². The van der Waals surface area contributed by atoms with Crippen molar-refractivity contribution in [1.29, 1.82) is 0 Å². The van der Waals surface area contributed by atoms with E-state index < -0.39 is 0 Å². The van der Waals surface area contributed by atoms with E-state index >= 15 is 0 Å². The molecule has 2 nitrogen and oxygen atoms in total. The third-order valence-electron chi connectivity index (χ3n) is 4.24. The van der Waals surface area contributed by atoms with Crippen LogP contribution >= 0.6 is 0 Å². The summed E-state index contributed by atoms with van der Waals surface area (Å²) in [6, 6.07) is 10.8. The first-order chi connectivity index (χ1) is 7.83. The molecule has 2 heteroatoms. The van der Waals surface area contributed by atoms with E-state index in [0.29, 0.717) is 5.54 Å². The van der Waals surface area contributed by atoms with Crippen LogP contribution in [0.4, 0.5) is 0 Å². The van der Waals surface area contributed by atoms with Crippen LogP contribution in [-0.2, 0) is 0 Å². The molecule has 1 aromatic rings. The van der Waals surface area contributed by atoms with Crippen molar-refractivity contribution in [2.45, 2.75) is 37.3 Å². The minimum Gasteiger partial charge on any atom is -0.322 e. The van der Waals surface area contributed by atoms with Gasteiger partial charge < -0.3 is 5.73 Å². The average molecular weight is 216 g/mol. The zero-order valence-corrected chi connectivity index (χ0v) is 9.73. The maximum atomic E-state index is 6.47. The van der Waals surface area contributed by atoms with Crippen LogP contribution in [0, 0.1) is 0 Å². The van der Waals surface area contributed by atoms with Crippen molar-refractivity contribution in [1.82, 2.24) is 4.90 Å². The average Bonchev–Trinajstić information content (AvgIpc) is 2.97. The first-order valence-electron chi connectivity index (χ1n) is 6.38. The molecular weight excluding hydrogens is 196 g/mol. The molecule has 0 aromatic heterocycles. The Bertz CT molecular complexity index is 350. The number of nitrogens with two attached hydrogens (primary N) is 1. The van der Waals surface area contributed by atoms with Crippen molar-refractivity contribution in [3.05, 3.63) is 35.9 Å². The lowest BCUT2D eigenvalue weighted by Crippen LogP contribution is -2.43. The Morgan fingerprint density at radius 3 is 2.25 bits per heavy atom. The summed E-state index contributed by atoms with van der Waals surface area (Å²) in [6.45, 7) is 2.50. The van der Waals surface area contributed by atoms with Crippen LogP contribution in [0.3, 0.4) is 0 Å². The summed E-state index contributed by atoms with van der Waals surface area (Å²) < 4.78 is 0. The van der Waals surface area contributed by atoms with Gasteiger partial charge in [0.25, 0.3) is 0 Å². The van der Waals surface area contributed by atoms with E-state index in [-0.39, 0.29) is 6.04 Å². The quantitative estimate of drug-likeness (QED) is 0.840. The molecule has 3 rings (SSSR count). The van der Waals surface area contributed by atoms with Crippen LogP contribution in [0.25, 0.3) is 0 Å². The third kappa shape index (κ3) is 1.57. The minimum atomic E-state index is 0.201. The predicted molar refractivity (Wildman–Crippen MR) is 66.1 cm³/mol. The van der Waals surface area contributed by atoms with Gasteiger partial charge in [0.15, 0.2) is 0 Å². The Labute approximate surface area is 97.4 Å². The molecule has 2 aliphatic rings. The summed E-state index contributed by atoms with van der Waals surface area (Å²) in [5, 5.41) is 0. The van der Waals surface area contributed by atoms with Crippen LogP contribution < -0.4 is 5.73 Å². The van der Waals surface area contributed by atoms with Crippen LogP contribution in [0.15, 0.2) is 30.3 Å². The lowest BCUT2D eigenvalue weighted by molar-refractivity contribution is 0.188. The van der Waals surface area contributed by atoms with Gasteiger partial charge in [-0.1, -0.05) is 30.3 Å². The lowest BCUT2D eigenvalue weighted by Gasteiger charge is -2.33. The Balaban J connectivity index is 1.82. The van der Waals surface area contributed by atoms with Gasteiger partial charge in [-0.3, -0.25) is 4.90 Å². The molecule has 0 bridgehead atoms. The van der Waals surface area contributed by atoms with Crippen molar-refractivity contribution in [3.8, 4) is 0 Å². The highest BCUT2D eigenvalue weighted by atomic mass is 15.3. The van der Waals surface area contributed by atoms with Gasteiger partial charge in [0, 0.05) is 11.6 Å². The predicted octanol–water partition coefficient (Wildman–Crippen LogP) is 2.31. The highest BCUT2D eigenvalue weighted by Crippen LogP contribution is 2.50. The first-order valence-corrected chi connectivity index (χ1v) is 6.38. The summed E-state index contributed by atoms with van der Waals surface area (Å²) in [7, 11) is 0. The van der Waals surface area contributed by atoms with Gasteiger partial charge in [0.05, 0.1) is 0 Å². The summed E-state index contributed by atoms with van der Waals surface area (Å²) >= 11 is 0. The monoisotopic (exact) mass is 216 g/mol. The summed E-state index contributed by atoms with van der Waals surface area (Å²) in [5.41, 5.74) is 8.07. The third-order valence-corrected chi connectivity index (χ3v) is 4.24. The van der Waals surface area contributed by atoms with Crippen molar-refractivity contribution < 1.29 is 0 Å². The maximum Gasteiger partial charge on any atom is 0.0482 e. The molecule has 1 unspecified atom stereocenters. The summed E-state index contributed by atoms with van der Waals surface area (Å²) in [5.74, 6) is 0. The second-order valence-corrected chi connectivity index (χ2v) is 5.19. The molecule has 1 atom stereocenters. The van der Waals surface area contributed by atoms with Crippen LogP contribution in [0.5, 0.6) is 0 Å². The second kappa shape index (κ2) is 3.86. The van der Waals surface area contributed by atoms with E-state index in [4.69, 9.17) is 5.73 Å². The molecule has 1 aliphatic heterocycles. The number of hydrogen-bond acceptors (Lipinski definition) is 2. The van der Waals surface area contributed by atoms with E-state index in [9.17, 15) is 0 Å². The maximum absolute atomic E-state index is 6.47. The first kappa shape index (κ1) is 10.3. The number of rotatable bonds is 3. The van der Waals surface area contributed by atoms with Gasteiger partial charge in [0.2, 0.25) is 0 Å². The molecule has 1 aliphatic carbocycles. The van der Waals surface area contributed by atoms with E-state index in [1.54, 1.807) is 0 Å². The molecule has 0 radical (unpaired) electrons. The zero-order chi connectivity index (χ0) is 11.0. The van der Waals surface area contributed by atoms with Gasteiger partial charge in [-0.2, -0.15) is 0 Å². The topological polar surface area (TPSA) is 29.3 Å². The smallest absolute Gasteiger partial charge is 0.0482 e. The second-order valence-electron chi connectivity index (χ2n) is 5.19. The summed E-state index contributed by atoms with van der Waals surface area (Å²) in [4.78, 5) is 2.63. The lowest BCUT2D eigenvalue weighted by atomic mass is 9.97. The minimum absolute atomic E-state index is 0.201. The van der Waals surface area contributed by atoms with Crippen LogP contribution in [-0.4, -0.2) is 23.5 Å². The number of hydrogen-bond donors (Lipinski definition) is 1. The fourth-order valence-corrected chi connectivity index (χ4v) is 3.09. The van der Waals surface area contributed by atoms with Crippen LogP contribution in [0.2, 0.25) is 0 Å². The van der Waals surface area contributed by atoms with Gasteiger partial charge in [-0.15, -0.1) is 0 Å². The standard InChI is InChI=1S/C14H20N2/c15-13(12-6-2-1-3-7-12)14(8-9-14)16-10-4-5-11-16/h1-3,6-7,13H,4-5,8-11,15H2. The molecule has 2 fully saturated rings. The van der Waals surface area contributed by atoms with Crippen molar-refractivity contribution in [2.24, 2.45) is 5.73 Å². The Morgan fingerprint density at radius 2 is 1.69 bits per heavy atom. The molecule has 16 heavy (non-hydrogen) atoms. The molecule has 86 valence electrons. The van der Waals surface area contributed by atoms with Gasteiger partial charge >= 0.3 is 0 Å². The Morgan fingerprint density at radius 1 is 1.06 bits per heavy atom. The molecule has 1 heterocycles. The fraction of sp³-hybridized carbons (Fsp3) is 0.571. The molecular formula is C14H20N2. The number of likely N-dealkylation sites (tertiary alicyclic amines) is 1. The zero-order valence-electron chi connectivity index (χ0n) is 9.73. The molecule has 0 amide bonds. The number of nitrogens with zero attached hydrogens (tertiary/aromatic N) is 1. The van der Waals surface area contributed by atoms with E-state index in [0.717, 1.165) is 0 Å². The Kier molecular flexibility index (Phi) is 2.49.